The summed E-state index contributed by atoms with van der Waals surface area (Å²) in [6.07, 6.45) is 2.25. The molecule has 3 nitrogen and oxygen atoms in total. The van der Waals surface area contributed by atoms with Gasteiger partial charge in [-0.3, -0.25) is 0 Å². The van der Waals surface area contributed by atoms with E-state index >= 15 is 0 Å². The largest absolute Gasteiger partial charge is 0.396 e. The van der Waals surface area contributed by atoms with Crippen molar-refractivity contribution in [2.75, 3.05) is 6.61 Å². The summed E-state index contributed by atoms with van der Waals surface area (Å²) in [5.74, 6) is 0. The summed E-state index contributed by atoms with van der Waals surface area (Å²) in [6.45, 7) is 0.0921. The van der Waals surface area contributed by atoms with E-state index in [0.29, 0.717) is 6.42 Å². The molecule has 1 heterocycles. The zero-order valence-electron chi connectivity index (χ0n) is 6.87. The minimum atomic E-state index is -0.151. The minimum absolute atomic E-state index is 0.0921. The monoisotopic (exact) mass is 308 g/mol. The first kappa shape index (κ1) is 11.1. The summed E-state index contributed by atoms with van der Waals surface area (Å²) in [4.78, 5) is 4.09. The number of pyridine rings is 1. The standard InChI is InChI=1S/C8H10Br2N2O/c9-6-3-5(4-12-8(6)10)7(11)1-2-13/h3-4,7,13H,1-2,11H2/t7-/m0/s1. The van der Waals surface area contributed by atoms with Crippen LogP contribution in [0.15, 0.2) is 21.3 Å². The van der Waals surface area contributed by atoms with E-state index in [0.717, 1.165) is 14.6 Å². The van der Waals surface area contributed by atoms with Gasteiger partial charge in [0, 0.05) is 18.8 Å². The normalized spacial score (nSPS) is 12.9. The molecule has 1 atom stereocenters. The molecule has 0 unspecified atom stereocenters. The van der Waals surface area contributed by atoms with Crippen molar-refractivity contribution in [3.63, 3.8) is 0 Å². The van der Waals surface area contributed by atoms with Crippen LogP contribution in [-0.4, -0.2) is 16.7 Å². The molecule has 0 saturated heterocycles. The molecule has 1 aromatic rings. The average molecular weight is 310 g/mol. The van der Waals surface area contributed by atoms with Gasteiger partial charge in [-0.05, 0) is 49.9 Å². The molecule has 3 N–H and O–H groups in total. The molecule has 0 aliphatic heterocycles. The number of nitrogens with zero attached hydrogens (tertiary/aromatic N) is 1. The van der Waals surface area contributed by atoms with Gasteiger partial charge < -0.3 is 10.8 Å². The van der Waals surface area contributed by atoms with Crippen LogP contribution in [0.25, 0.3) is 0 Å². The first-order valence-electron chi connectivity index (χ1n) is 3.82. The SMILES string of the molecule is N[C@@H](CCO)c1cnc(Br)c(Br)c1. The summed E-state index contributed by atoms with van der Waals surface area (Å²) in [7, 11) is 0. The molecule has 0 aliphatic carbocycles. The van der Waals surface area contributed by atoms with Crippen LogP contribution in [0.3, 0.4) is 0 Å². The minimum Gasteiger partial charge on any atom is -0.396 e. The van der Waals surface area contributed by atoms with E-state index in [1.165, 1.54) is 0 Å². The fourth-order valence-corrected chi connectivity index (χ4v) is 1.53. The fraction of sp³-hybridized carbons (Fsp3) is 0.375. The second-order valence-corrected chi connectivity index (χ2v) is 4.27. The van der Waals surface area contributed by atoms with Gasteiger partial charge in [-0.25, -0.2) is 4.98 Å². The molecule has 0 bridgehead atoms. The van der Waals surface area contributed by atoms with Crippen molar-refractivity contribution >= 4 is 31.9 Å². The van der Waals surface area contributed by atoms with Gasteiger partial charge in [0.15, 0.2) is 0 Å². The van der Waals surface area contributed by atoms with Gasteiger partial charge in [0.25, 0.3) is 0 Å². The maximum Gasteiger partial charge on any atom is 0.120 e. The van der Waals surface area contributed by atoms with Crippen molar-refractivity contribution < 1.29 is 5.11 Å². The number of halogens is 2. The van der Waals surface area contributed by atoms with Crippen LogP contribution in [0.2, 0.25) is 0 Å². The van der Waals surface area contributed by atoms with Gasteiger partial charge in [0.2, 0.25) is 0 Å². The molecule has 0 fully saturated rings. The van der Waals surface area contributed by atoms with Crippen LogP contribution >= 0.6 is 31.9 Å². The van der Waals surface area contributed by atoms with Crippen LogP contribution in [0.1, 0.15) is 18.0 Å². The predicted octanol–water partition coefficient (Wildman–Crippen LogP) is 1.99. The van der Waals surface area contributed by atoms with E-state index in [1.807, 2.05) is 6.07 Å². The Morgan fingerprint density at radius 3 is 2.77 bits per heavy atom. The Morgan fingerprint density at radius 2 is 2.23 bits per heavy atom. The molecule has 1 rings (SSSR count). The fourth-order valence-electron chi connectivity index (χ4n) is 0.945. The van der Waals surface area contributed by atoms with Crippen molar-refractivity contribution in [2.24, 2.45) is 5.73 Å². The van der Waals surface area contributed by atoms with E-state index in [4.69, 9.17) is 10.8 Å². The highest BCUT2D eigenvalue weighted by atomic mass is 79.9. The number of hydrogen-bond acceptors (Lipinski definition) is 3. The molecule has 0 radical (unpaired) electrons. The van der Waals surface area contributed by atoms with Crippen molar-refractivity contribution in [3.05, 3.63) is 26.9 Å². The maximum absolute atomic E-state index is 8.70. The van der Waals surface area contributed by atoms with Crippen LogP contribution in [0, 0.1) is 0 Å². The predicted molar refractivity (Wildman–Crippen MR) is 58.3 cm³/mol. The van der Waals surface area contributed by atoms with Gasteiger partial charge in [0.1, 0.15) is 4.60 Å². The first-order chi connectivity index (χ1) is 6.15. The lowest BCUT2D eigenvalue weighted by atomic mass is 10.1. The van der Waals surface area contributed by atoms with E-state index < -0.39 is 0 Å². The van der Waals surface area contributed by atoms with Gasteiger partial charge in [-0.2, -0.15) is 0 Å². The van der Waals surface area contributed by atoms with Crippen LogP contribution in [0.5, 0.6) is 0 Å². The zero-order valence-corrected chi connectivity index (χ0v) is 10.0. The highest BCUT2D eigenvalue weighted by Crippen LogP contribution is 2.24. The van der Waals surface area contributed by atoms with Crippen molar-refractivity contribution in [1.29, 1.82) is 0 Å². The summed E-state index contributed by atoms with van der Waals surface area (Å²) < 4.78 is 1.63. The summed E-state index contributed by atoms with van der Waals surface area (Å²) in [5.41, 5.74) is 6.71. The Morgan fingerprint density at radius 1 is 1.54 bits per heavy atom. The number of aliphatic hydroxyl groups is 1. The van der Waals surface area contributed by atoms with E-state index in [1.54, 1.807) is 6.20 Å². The Bertz CT molecular complexity index is 293. The highest BCUT2D eigenvalue weighted by molar-refractivity contribution is 9.13. The lowest BCUT2D eigenvalue weighted by Crippen LogP contribution is -2.12. The molecule has 1 aromatic heterocycles. The number of rotatable bonds is 3. The van der Waals surface area contributed by atoms with Crippen LogP contribution < -0.4 is 5.73 Å². The van der Waals surface area contributed by atoms with E-state index in [-0.39, 0.29) is 12.6 Å². The molecule has 0 spiro atoms. The molecule has 0 aliphatic rings. The average Bonchev–Trinajstić information content (AvgIpc) is 2.10. The van der Waals surface area contributed by atoms with Crippen LogP contribution in [0.4, 0.5) is 0 Å². The number of hydrogen-bond donors (Lipinski definition) is 2. The molecule has 0 aromatic carbocycles. The van der Waals surface area contributed by atoms with Crippen LogP contribution in [-0.2, 0) is 0 Å². The molecule has 0 amide bonds. The van der Waals surface area contributed by atoms with Crippen molar-refractivity contribution in [1.82, 2.24) is 4.98 Å². The van der Waals surface area contributed by atoms with Gasteiger partial charge in [-0.15, -0.1) is 0 Å². The third-order valence-electron chi connectivity index (χ3n) is 1.69. The smallest absolute Gasteiger partial charge is 0.120 e. The maximum atomic E-state index is 8.70. The Hall–Kier alpha value is 0.0300. The molecule has 0 saturated carbocycles. The third-order valence-corrected chi connectivity index (χ3v) is 3.45. The topological polar surface area (TPSA) is 59.1 Å². The van der Waals surface area contributed by atoms with E-state index in [9.17, 15) is 0 Å². The molecular formula is C8H10Br2N2O. The third kappa shape index (κ3) is 3.02. The highest BCUT2D eigenvalue weighted by Gasteiger charge is 2.07. The molecule has 5 heteroatoms. The summed E-state index contributed by atoms with van der Waals surface area (Å²) in [5, 5.41) is 8.70. The van der Waals surface area contributed by atoms with Gasteiger partial charge in [0.05, 0.1) is 4.47 Å². The van der Waals surface area contributed by atoms with Gasteiger partial charge >= 0.3 is 0 Å². The number of nitrogens with two attached hydrogens (primary N) is 1. The quantitative estimate of drug-likeness (QED) is 0.840. The first-order valence-corrected chi connectivity index (χ1v) is 5.41. The Balaban J connectivity index is 2.84. The Kier molecular flexibility index (Phi) is 4.31. The van der Waals surface area contributed by atoms with Crippen molar-refractivity contribution in [2.45, 2.75) is 12.5 Å². The van der Waals surface area contributed by atoms with Gasteiger partial charge in [-0.1, -0.05) is 0 Å². The Labute approximate surface area is 93.6 Å². The lowest BCUT2D eigenvalue weighted by molar-refractivity contribution is 0.276. The number of aromatic nitrogens is 1. The molecule has 13 heavy (non-hydrogen) atoms. The molecular weight excluding hydrogens is 300 g/mol. The second-order valence-electron chi connectivity index (χ2n) is 2.66. The second kappa shape index (κ2) is 5.05. The zero-order chi connectivity index (χ0) is 9.84. The molecule has 72 valence electrons. The van der Waals surface area contributed by atoms with E-state index in [2.05, 4.69) is 36.8 Å². The summed E-state index contributed by atoms with van der Waals surface area (Å²) >= 11 is 6.61. The summed E-state index contributed by atoms with van der Waals surface area (Å²) in [6, 6.07) is 1.75. The number of aliphatic hydroxyl groups excluding tert-OH is 1. The lowest BCUT2D eigenvalue weighted by Gasteiger charge is -2.10. The van der Waals surface area contributed by atoms with Crippen molar-refractivity contribution in [3.8, 4) is 0 Å².